The third-order valence-electron chi connectivity index (χ3n) is 6.36. The number of hydrogen-bond acceptors (Lipinski definition) is 5. The molecule has 0 atom stereocenters. The van der Waals surface area contributed by atoms with Crippen molar-refractivity contribution in [1.29, 1.82) is 0 Å². The third kappa shape index (κ3) is 4.42. The van der Waals surface area contributed by atoms with Gasteiger partial charge in [0.15, 0.2) is 11.6 Å². The molecule has 0 bridgehead atoms. The maximum absolute atomic E-state index is 14.6. The zero-order valence-electron chi connectivity index (χ0n) is 20.9. The molecule has 1 aliphatic rings. The second kappa shape index (κ2) is 9.13. The summed E-state index contributed by atoms with van der Waals surface area (Å²) in [6.07, 6.45) is 0. The first-order valence-electron chi connectivity index (χ1n) is 11.9. The molecular formula is C28H25F3N4O3. The Balaban J connectivity index is 1.56. The normalized spacial score (nSPS) is 13.1. The number of amides is 1. The van der Waals surface area contributed by atoms with Gasteiger partial charge in [0.05, 0.1) is 16.9 Å². The molecule has 1 aliphatic heterocycles. The summed E-state index contributed by atoms with van der Waals surface area (Å²) in [5.41, 5.74) is 0.434. The van der Waals surface area contributed by atoms with Crippen molar-refractivity contribution < 1.29 is 28.2 Å². The minimum absolute atomic E-state index is 0.0174. The average molecular weight is 523 g/mol. The van der Waals surface area contributed by atoms with E-state index in [0.717, 1.165) is 12.1 Å². The number of nitrogens with zero attached hydrogens (tertiary/aromatic N) is 3. The summed E-state index contributed by atoms with van der Waals surface area (Å²) in [6.45, 7) is 5.70. The summed E-state index contributed by atoms with van der Waals surface area (Å²) in [4.78, 5) is 15.0. The van der Waals surface area contributed by atoms with Gasteiger partial charge in [0.2, 0.25) is 0 Å². The van der Waals surface area contributed by atoms with Crippen molar-refractivity contribution in [3.8, 4) is 22.8 Å². The van der Waals surface area contributed by atoms with Crippen LogP contribution in [0.5, 0.6) is 11.5 Å². The minimum Gasteiger partial charge on any atom is -0.508 e. The number of halogens is 3. The zero-order valence-corrected chi connectivity index (χ0v) is 20.9. The summed E-state index contributed by atoms with van der Waals surface area (Å²) in [5.74, 6) is -3.56. The van der Waals surface area contributed by atoms with Crippen LogP contribution in [0.15, 0.2) is 54.6 Å². The predicted molar refractivity (Wildman–Crippen MR) is 136 cm³/mol. The first kappa shape index (κ1) is 25.2. The Labute approximate surface area is 216 Å². The molecular weight excluding hydrogens is 497 g/mol. The Bertz CT molecular complexity index is 1580. The van der Waals surface area contributed by atoms with Gasteiger partial charge < -0.3 is 20.4 Å². The highest BCUT2D eigenvalue weighted by Gasteiger charge is 2.31. The number of anilines is 2. The van der Waals surface area contributed by atoms with Crippen LogP contribution in [0.4, 0.5) is 24.7 Å². The fraction of sp³-hybridized carbons (Fsp3) is 0.214. The number of aromatic nitrogens is 2. The van der Waals surface area contributed by atoms with Crippen LogP contribution in [-0.4, -0.2) is 30.8 Å². The van der Waals surface area contributed by atoms with E-state index in [2.05, 4.69) is 10.4 Å². The number of rotatable bonds is 4. The van der Waals surface area contributed by atoms with Crippen molar-refractivity contribution in [3.63, 3.8) is 0 Å². The summed E-state index contributed by atoms with van der Waals surface area (Å²) < 4.78 is 44.3. The van der Waals surface area contributed by atoms with E-state index in [9.17, 15) is 28.2 Å². The van der Waals surface area contributed by atoms with E-state index < -0.39 is 34.6 Å². The highest BCUT2D eigenvalue weighted by molar-refractivity contribution is 6.03. The summed E-state index contributed by atoms with van der Waals surface area (Å²) in [5, 5.41) is 28.4. The Morgan fingerprint density at radius 3 is 2.39 bits per heavy atom. The Kier molecular flexibility index (Phi) is 6.05. The second-order valence-electron chi connectivity index (χ2n) is 10.2. The number of phenols is 2. The standard InChI is InChI=1S/C28H25F3N4O3/c1-28(2,3)35-24(12-21(33-35)17-7-5-9-20(30)26(17)31)32-22-10-16(36)11-23(37)25(22)27(38)34-13-15-6-4-8-19(29)18(15)14-34/h4-12,32,36-37H,13-14H2,1-3H3. The molecule has 38 heavy (non-hydrogen) atoms. The number of hydrogen-bond donors (Lipinski definition) is 3. The SMILES string of the molecule is CC(C)(C)n1nc(-c2cccc(F)c2F)cc1Nc1cc(O)cc(O)c1C(=O)N1Cc2cccc(F)c2C1. The third-order valence-corrected chi connectivity index (χ3v) is 6.36. The van der Waals surface area contributed by atoms with Crippen molar-refractivity contribution in [1.82, 2.24) is 14.7 Å². The molecule has 5 rings (SSSR count). The van der Waals surface area contributed by atoms with E-state index >= 15 is 0 Å². The fourth-order valence-electron chi connectivity index (χ4n) is 4.57. The van der Waals surface area contributed by atoms with E-state index in [4.69, 9.17) is 0 Å². The molecule has 0 fully saturated rings. The van der Waals surface area contributed by atoms with Crippen molar-refractivity contribution in [3.05, 3.63) is 88.7 Å². The Morgan fingerprint density at radius 1 is 0.974 bits per heavy atom. The number of aromatic hydroxyl groups is 2. The molecule has 1 aromatic heterocycles. The number of carbonyl (C=O) groups is 1. The average Bonchev–Trinajstić information content (AvgIpc) is 3.46. The van der Waals surface area contributed by atoms with Crippen LogP contribution in [0.3, 0.4) is 0 Å². The Hall–Kier alpha value is -4.47. The van der Waals surface area contributed by atoms with Crippen LogP contribution in [0.2, 0.25) is 0 Å². The highest BCUT2D eigenvalue weighted by atomic mass is 19.2. The largest absolute Gasteiger partial charge is 0.508 e. The van der Waals surface area contributed by atoms with E-state index in [1.54, 1.807) is 12.1 Å². The van der Waals surface area contributed by atoms with Gasteiger partial charge in [0.1, 0.15) is 28.7 Å². The highest BCUT2D eigenvalue weighted by Crippen LogP contribution is 2.38. The van der Waals surface area contributed by atoms with Gasteiger partial charge in [-0.2, -0.15) is 5.10 Å². The number of benzene rings is 3. The van der Waals surface area contributed by atoms with E-state index in [1.807, 2.05) is 20.8 Å². The lowest BCUT2D eigenvalue weighted by molar-refractivity contribution is 0.0748. The van der Waals surface area contributed by atoms with Crippen LogP contribution in [0.1, 0.15) is 42.3 Å². The predicted octanol–water partition coefficient (Wildman–Crippen LogP) is 6.03. The molecule has 0 spiro atoms. The maximum Gasteiger partial charge on any atom is 0.260 e. The van der Waals surface area contributed by atoms with Gasteiger partial charge in [-0.05, 0) is 44.5 Å². The quantitative estimate of drug-likeness (QED) is 0.304. The molecule has 1 amide bonds. The summed E-state index contributed by atoms with van der Waals surface area (Å²) in [7, 11) is 0. The first-order chi connectivity index (χ1) is 17.9. The smallest absolute Gasteiger partial charge is 0.260 e. The van der Waals surface area contributed by atoms with Crippen molar-refractivity contribution in [2.75, 3.05) is 5.32 Å². The molecule has 4 aromatic rings. The van der Waals surface area contributed by atoms with Gasteiger partial charge in [0.25, 0.3) is 5.91 Å². The fourth-order valence-corrected chi connectivity index (χ4v) is 4.57. The molecule has 3 N–H and O–H groups in total. The Morgan fingerprint density at radius 2 is 1.68 bits per heavy atom. The van der Waals surface area contributed by atoms with Crippen LogP contribution < -0.4 is 5.32 Å². The summed E-state index contributed by atoms with van der Waals surface area (Å²) >= 11 is 0. The molecule has 3 aromatic carbocycles. The molecule has 0 aliphatic carbocycles. The van der Waals surface area contributed by atoms with Crippen molar-refractivity contribution in [2.24, 2.45) is 0 Å². The molecule has 0 radical (unpaired) electrons. The van der Waals surface area contributed by atoms with Crippen LogP contribution in [0.25, 0.3) is 11.3 Å². The lowest BCUT2D eigenvalue weighted by Gasteiger charge is -2.24. The molecule has 7 nitrogen and oxygen atoms in total. The van der Waals surface area contributed by atoms with Crippen molar-refractivity contribution >= 4 is 17.4 Å². The second-order valence-corrected chi connectivity index (χ2v) is 10.2. The first-order valence-corrected chi connectivity index (χ1v) is 11.9. The van der Waals surface area contributed by atoms with E-state index in [0.29, 0.717) is 16.9 Å². The topological polar surface area (TPSA) is 90.6 Å². The molecule has 196 valence electrons. The molecule has 10 heteroatoms. The van der Waals surface area contributed by atoms with Gasteiger partial charge in [0, 0.05) is 42.4 Å². The van der Waals surface area contributed by atoms with Crippen LogP contribution in [0, 0.1) is 17.5 Å². The molecule has 2 heterocycles. The number of fused-ring (bicyclic) bond motifs is 1. The van der Waals surface area contributed by atoms with E-state index in [1.165, 1.54) is 39.9 Å². The summed E-state index contributed by atoms with van der Waals surface area (Å²) in [6, 6.07) is 12.2. The van der Waals surface area contributed by atoms with Gasteiger partial charge in [-0.1, -0.05) is 18.2 Å². The number of nitrogens with one attached hydrogen (secondary N) is 1. The number of carbonyl (C=O) groups excluding carboxylic acids is 1. The van der Waals surface area contributed by atoms with Gasteiger partial charge in [-0.25, -0.2) is 17.9 Å². The van der Waals surface area contributed by atoms with Gasteiger partial charge >= 0.3 is 0 Å². The van der Waals surface area contributed by atoms with Crippen LogP contribution in [-0.2, 0) is 18.6 Å². The lowest BCUT2D eigenvalue weighted by atomic mass is 10.1. The lowest BCUT2D eigenvalue weighted by Crippen LogP contribution is -2.27. The molecule has 0 saturated heterocycles. The van der Waals surface area contributed by atoms with Gasteiger partial charge in [-0.15, -0.1) is 0 Å². The molecule has 0 saturated carbocycles. The van der Waals surface area contributed by atoms with Gasteiger partial charge in [-0.3, -0.25) is 4.79 Å². The molecule has 0 unspecified atom stereocenters. The van der Waals surface area contributed by atoms with E-state index in [-0.39, 0.29) is 41.3 Å². The van der Waals surface area contributed by atoms with Crippen molar-refractivity contribution in [2.45, 2.75) is 39.4 Å². The zero-order chi connectivity index (χ0) is 27.4. The van der Waals surface area contributed by atoms with Crippen LogP contribution >= 0.6 is 0 Å². The number of phenolic OH excluding ortho intramolecular Hbond substituents is 2. The monoisotopic (exact) mass is 522 g/mol. The maximum atomic E-state index is 14.6. The minimum atomic E-state index is -1.05.